The van der Waals surface area contributed by atoms with Crippen LogP contribution in [0.3, 0.4) is 0 Å². The number of anilines is 1. The number of piperidine rings is 1. The molecule has 0 aromatic carbocycles. The summed E-state index contributed by atoms with van der Waals surface area (Å²) in [4.78, 5) is 2.37. The summed E-state index contributed by atoms with van der Waals surface area (Å²) in [6, 6.07) is 0.608. The summed E-state index contributed by atoms with van der Waals surface area (Å²) >= 11 is 1.25. The van der Waals surface area contributed by atoms with Crippen molar-refractivity contribution in [2.75, 3.05) is 18.1 Å². The van der Waals surface area contributed by atoms with Crippen LogP contribution in [-0.2, 0) is 0 Å². The van der Waals surface area contributed by atoms with E-state index in [0.29, 0.717) is 18.5 Å². The predicted molar refractivity (Wildman–Crippen MR) is 66.4 cm³/mol. The second kappa shape index (κ2) is 5.48. The molecule has 0 amide bonds. The van der Waals surface area contributed by atoms with Crippen molar-refractivity contribution in [3.05, 3.63) is 0 Å². The number of nitrogens with zero attached hydrogens (tertiary/aromatic N) is 3. The van der Waals surface area contributed by atoms with Gasteiger partial charge in [-0.25, -0.2) is 0 Å². The van der Waals surface area contributed by atoms with Crippen LogP contribution in [0.4, 0.5) is 5.82 Å². The lowest BCUT2D eigenvalue weighted by Gasteiger charge is -2.35. The average molecular weight is 241 g/mol. The first kappa shape index (κ1) is 11.6. The van der Waals surface area contributed by atoms with Crippen molar-refractivity contribution in [2.24, 2.45) is 0 Å². The largest absolute Gasteiger partial charge is 0.475 e. The molecular formula is C11H19N3OS. The van der Waals surface area contributed by atoms with Gasteiger partial charge in [-0.1, -0.05) is 6.92 Å². The Morgan fingerprint density at radius 1 is 1.38 bits per heavy atom. The fraction of sp³-hybridized carbons (Fsp3) is 0.818. The van der Waals surface area contributed by atoms with Gasteiger partial charge in [-0.2, -0.15) is 4.37 Å². The molecule has 2 heterocycles. The molecular weight excluding hydrogens is 222 g/mol. The van der Waals surface area contributed by atoms with Gasteiger partial charge >= 0.3 is 0 Å². The van der Waals surface area contributed by atoms with E-state index in [4.69, 9.17) is 4.74 Å². The third kappa shape index (κ3) is 2.29. The lowest BCUT2D eigenvalue weighted by atomic mass is 10.0. The van der Waals surface area contributed by atoms with Crippen molar-refractivity contribution in [1.82, 2.24) is 8.75 Å². The maximum Gasteiger partial charge on any atom is 0.270 e. The van der Waals surface area contributed by atoms with Crippen LogP contribution in [0, 0.1) is 0 Å². The maximum atomic E-state index is 5.52. The molecule has 1 aliphatic heterocycles. The maximum absolute atomic E-state index is 5.52. The van der Waals surface area contributed by atoms with Gasteiger partial charge in [0.2, 0.25) is 5.82 Å². The number of ether oxygens (including phenoxy) is 1. The molecule has 16 heavy (non-hydrogen) atoms. The second-order valence-corrected chi connectivity index (χ2v) is 4.61. The van der Waals surface area contributed by atoms with Crippen LogP contribution < -0.4 is 9.64 Å². The Morgan fingerprint density at radius 2 is 2.25 bits per heavy atom. The fourth-order valence-electron chi connectivity index (χ4n) is 2.28. The number of rotatable bonds is 4. The van der Waals surface area contributed by atoms with E-state index < -0.39 is 0 Å². The van der Waals surface area contributed by atoms with Crippen molar-refractivity contribution in [3.8, 4) is 5.88 Å². The third-order valence-corrected chi connectivity index (χ3v) is 3.60. The molecule has 2 rings (SSSR count). The standard InChI is InChI=1S/C11H19N3OS/c1-3-9-7-5-6-8-14(9)10-11(15-4-2)13-16-12-10/h9H,3-8H2,1-2H3. The van der Waals surface area contributed by atoms with E-state index in [2.05, 4.69) is 20.6 Å². The SMILES string of the molecule is CCOc1nsnc1N1CCCCC1CC. The normalized spacial score (nSPS) is 21.1. The number of aromatic nitrogens is 2. The summed E-state index contributed by atoms with van der Waals surface area (Å²) < 4.78 is 14.1. The van der Waals surface area contributed by atoms with Crippen molar-refractivity contribution >= 4 is 17.5 Å². The zero-order chi connectivity index (χ0) is 11.4. The molecule has 1 aromatic heterocycles. The Labute approximate surface area is 101 Å². The molecule has 0 bridgehead atoms. The van der Waals surface area contributed by atoms with Crippen LogP contribution in [-0.4, -0.2) is 27.9 Å². The molecule has 1 atom stereocenters. The number of hydrogen-bond donors (Lipinski definition) is 0. The topological polar surface area (TPSA) is 38.3 Å². The van der Waals surface area contributed by atoms with E-state index in [-0.39, 0.29) is 0 Å². The van der Waals surface area contributed by atoms with Gasteiger partial charge in [-0.3, -0.25) is 0 Å². The van der Waals surface area contributed by atoms with Crippen molar-refractivity contribution < 1.29 is 4.74 Å². The van der Waals surface area contributed by atoms with E-state index in [1.54, 1.807) is 0 Å². The van der Waals surface area contributed by atoms with Gasteiger partial charge in [0.05, 0.1) is 18.3 Å². The molecule has 90 valence electrons. The molecule has 0 spiro atoms. The van der Waals surface area contributed by atoms with Gasteiger partial charge in [0, 0.05) is 12.6 Å². The Morgan fingerprint density at radius 3 is 3.00 bits per heavy atom. The summed E-state index contributed by atoms with van der Waals surface area (Å²) in [6.45, 7) is 5.97. The average Bonchev–Trinajstić information content (AvgIpc) is 2.77. The predicted octanol–water partition coefficient (Wildman–Crippen LogP) is 2.71. The zero-order valence-corrected chi connectivity index (χ0v) is 10.8. The minimum atomic E-state index is 0.608. The van der Waals surface area contributed by atoms with E-state index in [9.17, 15) is 0 Å². The van der Waals surface area contributed by atoms with Gasteiger partial charge in [0.1, 0.15) is 0 Å². The minimum Gasteiger partial charge on any atom is -0.475 e. The first-order valence-electron chi connectivity index (χ1n) is 6.08. The third-order valence-electron chi connectivity index (χ3n) is 3.09. The highest BCUT2D eigenvalue weighted by Gasteiger charge is 2.26. The van der Waals surface area contributed by atoms with Gasteiger partial charge in [-0.15, -0.1) is 4.37 Å². The van der Waals surface area contributed by atoms with E-state index in [1.807, 2.05) is 6.92 Å². The van der Waals surface area contributed by atoms with E-state index in [1.165, 1.54) is 37.4 Å². The Kier molecular flexibility index (Phi) is 3.98. The van der Waals surface area contributed by atoms with E-state index in [0.717, 1.165) is 12.4 Å². The fourth-order valence-corrected chi connectivity index (χ4v) is 2.79. The Bertz CT molecular complexity index is 329. The van der Waals surface area contributed by atoms with Gasteiger partial charge in [0.15, 0.2) is 0 Å². The Hall–Kier alpha value is -0.840. The lowest BCUT2D eigenvalue weighted by Crippen LogP contribution is -2.39. The molecule has 4 nitrogen and oxygen atoms in total. The summed E-state index contributed by atoms with van der Waals surface area (Å²) in [5.74, 6) is 1.67. The first-order valence-corrected chi connectivity index (χ1v) is 6.81. The number of hydrogen-bond acceptors (Lipinski definition) is 5. The van der Waals surface area contributed by atoms with Crippen LogP contribution in [0.1, 0.15) is 39.5 Å². The smallest absolute Gasteiger partial charge is 0.270 e. The van der Waals surface area contributed by atoms with Crippen molar-refractivity contribution in [2.45, 2.75) is 45.6 Å². The van der Waals surface area contributed by atoms with Gasteiger partial charge < -0.3 is 9.64 Å². The van der Waals surface area contributed by atoms with Crippen LogP contribution in [0.5, 0.6) is 5.88 Å². The monoisotopic (exact) mass is 241 g/mol. The second-order valence-electron chi connectivity index (χ2n) is 4.08. The van der Waals surface area contributed by atoms with Crippen molar-refractivity contribution in [3.63, 3.8) is 0 Å². The molecule has 0 N–H and O–H groups in total. The molecule has 5 heteroatoms. The molecule has 1 unspecified atom stereocenters. The van der Waals surface area contributed by atoms with Gasteiger partial charge in [0.25, 0.3) is 5.88 Å². The highest BCUT2D eigenvalue weighted by Crippen LogP contribution is 2.32. The lowest BCUT2D eigenvalue weighted by molar-refractivity contribution is 0.327. The molecule has 0 aliphatic carbocycles. The summed E-state index contributed by atoms with van der Waals surface area (Å²) in [7, 11) is 0. The molecule has 0 radical (unpaired) electrons. The first-order chi connectivity index (χ1) is 7.86. The van der Waals surface area contributed by atoms with Crippen LogP contribution in [0.15, 0.2) is 0 Å². The summed E-state index contributed by atoms with van der Waals surface area (Å²) in [5.41, 5.74) is 0. The quantitative estimate of drug-likeness (QED) is 0.812. The zero-order valence-electron chi connectivity index (χ0n) is 9.98. The minimum absolute atomic E-state index is 0.608. The molecule has 1 fully saturated rings. The van der Waals surface area contributed by atoms with Crippen LogP contribution in [0.25, 0.3) is 0 Å². The van der Waals surface area contributed by atoms with E-state index >= 15 is 0 Å². The molecule has 1 aliphatic rings. The summed E-state index contributed by atoms with van der Waals surface area (Å²) in [5, 5.41) is 0. The van der Waals surface area contributed by atoms with Gasteiger partial charge in [-0.05, 0) is 32.6 Å². The molecule has 1 saturated heterocycles. The highest BCUT2D eigenvalue weighted by atomic mass is 32.1. The van der Waals surface area contributed by atoms with Crippen LogP contribution in [0.2, 0.25) is 0 Å². The van der Waals surface area contributed by atoms with Crippen molar-refractivity contribution in [1.29, 1.82) is 0 Å². The molecule has 0 saturated carbocycles. The Balaban J connectivity index is 2.16. The summed E-state index contributed by atoms with van der Waals surface area (Å²) in [6.07, 6.45) is 5.01. The highest BCUT2D eigenvalue weighted by molar-refractivity contribution is 6.99. The van der Waals surface area contributed by atoms with Crippen LogP contribution >= 0.6 is 11.7 Å². The molecule has 1 aromatic rings.